The van der Waals surface area contributed by atoms with Gasteiger partial charge in [0.25, 0.3) is 0 Å². The average molecular weight is 1010 g/mol. The topological polar surface area (TPSA) is 78.9 Å². The fourth-order valence-electron chi connectivity index (χ4n) is 7.88. The molecule has 0 saturated carbocycles. The molecule has 0 rings (SSSR count). The van der Waals surface area contributed by atoms with Crippen LogP contribution < -0.4 is 0 Å². The Morgan fingerprint density at radius 1 is 0.274 bits per heavy atom. The van der Waals surface area contributed by atoms with Crippen molar-refractivity contribution in [2.45, 2.75) is 271 Å². The molecule has 0 aromatic heterocycles. The van der Waals surface area contributed by atoms with Crippen LogP contribution in [0.4, 0.5) is 0 Å². The maximum absolute atomic E-state index is 12.8. The van der Waals surface area contributed by atoms with Crippen molar-refractivity contribution in [2.24, 2.45) is 0 Å². The normalized spacial score (nSPS) is 13.0. The number of allylic oxidation sites excluding steroid dienone is 20. The first-order valence-electron chi connectivity index (χ1n) is 30.0. The van der Waals surface area contributed by atoms with Crippen molar-refractivity contribution >= 4 is 17.9 Å². The van der Waals surface area contributed by atoms with Gasteiger partial charge in [-0.05, 0) is 122 Å². The highest BCUT2D eigenvalue weighted by Gasteiger charge is 2.19. The summed E-state index contributed by atoms with van der Waals surface area (Å²) >= 11 is 0. The van der Waals surface area contributed by atoms with Crippen LogP contribution >= 0.6 is 0 Å². The first kappa shape index (κ1) is 68.8. The minimum atomic E-state index is -0.842. The number of carbonyl (C=O) groups is 3. The summed E-state index contributed by atoms with van der Waals surface area (Å²) in [4.78, 5) is 38.2. The molecule has 1 atom stereocenters. The van der Waals surface area contributed by atoms with Crippen LogP contribution in [0.15, 0.2) is 122 Å². The first-order chi connectivity index (χ1) is 36.0. The zero-order valence-corrected chi connectivity index (χ0v) is 47.4. The zero-order chi connectivity index (χ0) is 52.9. The molecule has 0 aliphatic rings. The monoisotopic (exact) mass is 1010 g/mol. The molecule has 414 valence electrons. The summed E-state index contributed by atoms with van der Waals surface area (Å²) in [5.74, 6) is -1.07. The molecule has 0 fully saturated rings. The van der Waals surface area contributed by atoms with E-state index in [1.165, 1.54) is 141 Å². The predicted octanol–water partition coefficient (Wildman–Crippen LogP) is 20.4. The Hall–Kier alpha value is -4.19. The molecule has 0 aliphatic heterocycles. The van der Waals surface area contributed by atoms with Crippen molar-refractivity contribution in [3.8, 4) is 0 Å². The van der Waals surface area contributed by atoms with Gasteiger partial charge in [0.2, 0.25) is 0 Å². The van der Waals surface area contributed by atoms with Gasteiger partial charge in [-0.3, -0.25) is 14.4 Å². The lowest BCUT2D eigenvalue weighted by molar-refractivity contribution is -0.166. The third kappa shape index (κ3) is 58.6. The van der Waals surface area contributed by atoms with Crippen molar-refractivity contribution in [1.29, 1.82) is 0 Å². The van der Waals surface area contributed by atoms with Crippen LogP contribution in [-0.2, 0) is 28.6 Å². The van der Waals surface area contributed by atoms with E-state index in [9.17, 15) is 14.4 Å². The Kier molecular flexibility index (Phi) is 56.9. The fourth-order valence-corrected chi connectivity index (χ4v) is 7.88. The Balaban J connectivity index is 4.58. The van der Waals surface area contributed by atoms with E-state index in [1.807, 2.05) is 6.08 Å². The van der Waals surface area contributed by atoms with Crippen LogP contribution in [0.1, 0.15) is 265 Å². The SMILES string of the molecule is CCCCC/C=C\C/C=C\C/C=C\C/C=C\C/C=C\CCC(=O)OC[C@H](COC(=O)CCCCCCCCCCC/C=C\CCCCCCCC)OC(=O)CCC/C=C\C/C=C\C/C=C\C/C=C\CCCCC. The molecule has 0 N–H and O–H groups in total. The number of rotatable bonds is 53. The highest BCUT2D eigenvalue weighted by molar-refractivity contribution is 5.71. The van der Waals surface area contributed by atoms with E-state index in [2.05, 4.69) is 136 Å². The van der Waals surface area contributed by atoms with E-state index in [4.69, 9.17) is 14.2 Å². The largest absolute Gasteiger partial charge is 0.462 e. The zero-order valence-electron chi connectivity index (χ0n) is 47.4. The maximum atomic E-state index is 12.8. The molecule has 73 heavy (non-hydrogen) atoms. The minimum Gasteiger partial charge on any atom is -0.462 e. The van der Waals surface area contributed by atoms with Crippen molar-refractivity contribution in [3.63, 3.8) is 0 Å². The van der Waals surface area contributed by atoms with Crippen LogP contribution in [0.5, 0.6) is 0 Å². The molecule has 6 heteroatoms. The Bertz CT molecular complexity index is 1540. The molecule has 6 nitrogen and oxygen atoms in total. The molecular weight excluding hydrogens is 901 g/mol. The predicted molar refractivity (Wildman–Crippen MR) is 316 cm³/mol. The summed E-state index contributed by atoms with van der Waals surface area (Å²) in [6.07, 6.45) is 83.5. The molecule has 0 aromatic rings. The van der Waals surface area contributed by atoms with Crippen LogP contribution in [-0.4, -0.2) is 37.2 Å². The molecule has 0 radical (unpaired) electrons. The maximum Gasteiger partial charge on any atom is 0.306 e. The van der Waals surface area contributed by atoms with Gasteiger partial charge < -0.3 is 14.2 Å². The number of hydrogen-bond donors (Lipinski definition) is 0. The summed E-state index contributed by atoms with van der Waals surface area (Å²) in [5.41, 5.74) is 0. The van der Waals surface area contributed by atoms with Crippen LogP contribution in [0.25, 0.3) is 0 Å². The Morgan fingerprint density at radius 3 is 0.932 bits per heavy atom. The third-order valence-corrected chi connectivity index (χ3v) is 12.4. The van der Waals surface area contributed by atoms with Gasteiger partial charge in [0.05, 0.1) is 0 Å². The lowest BCUT2D eigenvalue weighted by atomic mass is 10.1. The molecule has 0 bridgehead atoms. The smallest absolute Gasteiger partial charge is 0.306 e. The van der Waals surface area contributed by atoms with Crippen LogP contribution in [0.3, 0.4) is 0 Å². The summed E-state index contributed by atoms with van der Waals surface area (Å²) in [6, 6.07) is 0. The molecule has 0 spiro atoms. The van der Waals surface area contributed by atoms with Gasteiger partial charge in [-0.15, -0.1) is 0 Å². The molecule has 0 saturated heterocycles. The minimum absolute atomic E-state index is 0.126. The summed E-state index contributed by atoms with van der Waals surface area (Å²) in [7, 11) is 0. The summed E-state index contributed by atoms with van der Waals surface area (Å²) in [6.45, 7) is 6.47. The fraction of sp³-hybridized carbons (Fsp3) is 0.657. The van der Waals surface area contributed by atoms with Crippen molar-refractivity contribution in [1.82, 2.24) is 0 Å². The van der Waals surface area contributed by atoms with E-state index in [0.29, 0.717) is 19.3 Å². The number of ether oxygens (including phenoxy) is 3. The van der Waals surface area contributed by atoms with Gasteiger partial charge in [-0.2, -0.15) is 0 Å². The second-order valence-corrected chi connectivity index (χ2v) is 19.5. The quantitative estimate of drug-likeness (QED) is 0.0261. The number of hydrogen-bond acceptors (Lipinski definition) is 6. The first-order valence-corrected chi connectivity index (χ1v) is 30.0. The van der Waals surface area contributed by atoms with Gasteiger partial charge >= 0.3 is 17.9 Å². The van der Waals surface area contributed by atoms with E-state index >= 15 is 0 Å². The van der Waals surface area contributed by atoms with Crippen molar-refractivity contribution in [3.05, 3.63) is 122 Å². The van der Waals surface area contributed by atoms with Gasteiger partial charge in [0.15, 0.2) is 6.10 Å². The molecule has 0 heterocycles. The standard InChI is InChI=1S/C67H110O6/c1-4-7-10-13-16-19-22-25-28-31-33-36-38-41-44-47-50-53-56-59-65(68)71-62-64(73-67(70)61-58-55-52-49-46-43-40-35-30-27-24-21-18-15-12-9-6-3)63-72-66(69)60-57-54-51-48-45-42-39-37-34-32-29-26-23-20-17-14-11-8-5-2/h16,18-19,21,25-30,33,36,40-41,43-44,49-50,52-53,64H,4-15,17,20,22-24,31-32,34-35,37-39,42,45-48,51,54-63H2,1-3H3/b19-16-,21-18-,28-25-,29-26-,30-27-,36-33-,43-40-,44-41-,52-49-,53-50-/t64-/m1/s1. The third-order valence-electron chi connectivity index (χ3n) is 12.4. The van der Waals surface area contributed by atoms with Crippen molar-refractivity contribution < 1.29 is 28.6 Å². The average Bonchev–Trinajstić information content (AvgIpc) is 3.39. The van der Waals surface area contributed by atoms with Crippen molar-refractivity contribution in [2.75, 3.05) is 13.2 Å². The van der Waals surface area contributed by atoms with Gasteiger partial charge in [0.1, 0.15) is 13.2 Å². The second kappa shape index (κ2) is 60.4. The number of unbranched alkanes of at least 4 members (excludes halogenated alkanes) is 22. The highest BCUT2D eigenvalue weighted by atomic mass is 16.6. The Labute approximate surface area is 450 Å². The van der Waals surface area contributed by atoms with Gasteiger partial charge in [-0.25, -0.2) is 0 Å². The number of carbonyl (C=O) groups excluding carboxylic acids is 3. The summed E-state index contributed by atoms with van der Waals surface area (Å²) in [5, 5.41) is 0. The number of esters is 3. The summed E-state index contributed by atoms with van der Waals surface area (Å²) < 4.78 is 16.8. The molecule has 0 aliphatic carbocycles. The highest BCUT2D eigenvalue weighted by Crippen LogP contribution is 2.14. The van der Waals surface area contributed by atoms with E-state index in [1.54, 1.807) is 0 Å². The lowest BCUT2D eigenvalue weighted by Gasteiger charge is -2.18. The molecule has 0 aromatic carbocycles. The van der Waals surface area contributed by atoms with Crippen LogP contribution in [0, 0.1) is 0 Å². The van der Waals surface area contributed by atoms with E-state index < -0.39 is 6.10 Å². The second-order valence-electron chi connectivity index (χ2n) is 19.5. The lowest BCUT2D eigenvalue weighted by Crippen LogP contribution is -2.30. The van der Waals surface area contributed by atoms with E-state index in [0.717, 1.165) is 70.6 Å². The van der Waals surface area contributed by atoms with E-state index in [-0.39, 0.29) is 44.0 Å². The van der Waals surface area contributed by atoms with Gasteiger partial charge in [-0.1, -0.05) is 245 Å². The molecule has 0 unspecified atom stereocenters. The molecular formula is C67H110O6. The van der Waals surface area contributed by atoms with Gasteiger partial charge in [0, 0.05) is 19.3 Å². The molecule has 0 amide bonds. The van der Waals surface area contributed by atoms with Crippen LogP contribution in [0.2, 0.25) is 0 Å². The Morgan fingerprint density at radius 2 is 0.534 bits per heavy atom.